The zero-order valence-electron chi connectivity index (χ0n) is 15.4. The number of nitriles is 1. The van der Waals surface area contributed by atoms with Crippen molar-refractivity contribution in [3.05, 3.63) is 99.5 Å². The average molecular weight is 451 g/mol. The molecule has 1 atom stereocenters. The Kier molecular flexibility index (Phi) is 6.91. The van der Waals surface area contributed by atoms with E-state index in [1.807, 2.05) is 79.7 Å². The molecule has 3 nitrogen and oxygen atoms in total. The Balaban J connectivity index is 1.71. The number of thioether (sulfide) groups is 1. The Morgan fingerprint density at radius 2 is 1.75 bits per heavy atom. The Bertz CT molecular complexity index is 1010. The van der Waals surface area contributed by atoms with Crippen molar-refractivity contribution in [2.75, 3.05) is 0 Å². The number of carbonyl (C=O) groups is 1. The molecule has 5 heteroatoms. The third kappa shape index (κ3) is 5.03. The number of rotatable bonds is 6. The highest BCUT2D eigenvalue weighted by molar-refractivity contribution is 9.10. The van der Waals surface area contributed by atoms with Crippen LogP contribution in [0.1, 0.15) is 40.0 Å². The maximum absolute atomic E-state index is 12.9. The van der Waals surface area contributed by atoms with Gasteiger partial charge in [0.05, 0.1) is 23.2 Å². The molecule has 140 valence electrons. The molecule has 1 amide bonds. The third-order valence-corrected chi connectivity index (χ3v) is 6.20. The highest BCUT2D eigenvalue weighted by atomic mass is 79.9. The second-order valence-corrected chi connectivity index (χ2v) is 8.18. The van der Waals surface area contributed by atoms with Crippen LogP contribution in [0.25, 0.3) is 0 Å². The molecular weight excluding hydrogens is 432 g/mol. The molecule has 0 aromatic heterocycles. The second kappa shape index (κ2) is 9.59. The summed E-state index contributed by atoms with van der Waals surface area (Å²) in [5, 5.41) is 12.0. The summed E-state index contributed by atoms with van der Waals surface area (Å²) in [5.74, 6) is 0.640. The normalized spacial score (nSPS) is 11.5. The van der Waals surface area contributed by atoms with Gasteiger partial charge in [-0.15, -0.1) is 11.8 Å². The van der Waals surface area contributed by atoms with Crippen molar-refractivity contribution in [3.63, 3.8) is 0 Å². The van der Waals surface area contributed by atoms with E-state index in [1.165, 1.54) is 0 Å². The lowest BCUT2D eigenvalue weighted by atomic mass is 10.1. The van der Waals surface area contributed by atoms with Crippen molar-refractivity contribution in [1.29, 1.82) is 5.26 Å². The average Bonchev–Trinajstić information content (AvgIpc) is 2.73. The standard InChI is InChI=1S/C23H19BrN2OS/c1-16(19-6-2-4-8-21(19)24)26-23(27)20-7-3-5-9-22(20)28-15-18-12-10-17(14-25)11-13-18/h2-13,16H,15H2,1H3,(H,26,27). The minimum absolute atomic E-state index is 0.0915. The molecule has 0 spiro atoms. The minimum atomic E-state index is -0.111. The quantitative estimate of drug-likeness (QED) is 0.461. The van der Waals surface area contributed by atoms with Gasteiger partial charge in [0.1, 0.15) is 0 Å². The monoisotopic (exact) mass is 450 g/mol. The zero-order chi connectivity index (χ0) is 19.9. The lowest BCUT2D eigenvalue weighted by molar-refractivity contribution is 0.0937. The fourth-order valence-electron chi connectivity index (χ4n) is 2.80. The Labute approximate surface area is 177 Å². The molecule has 3 aromatic carbocycles. The van der Waals surface area contributed by atoms with E-state index in [0.29, 0.717) is 11.1 Å². The van der Waals surface area contributed by atoms with Crippen molar-refractivity contribution in [1.82, 2.24) is 5.32 Å². The number of hydrogen-bond acceptors (Lipinski definition) is 3. The molecule has 0 heterocycles. The van der Waals surface area contributed by atoms with E-state index in [1.54, 1.807) is 11.8 Å². The highest BCUT2D eigenvalue weighted by Gasteiger charge is 2.16. The van der Waals surface area contributed by atoms with Crippen LogP contribution in [0.15, 0.2) is 82.2 Å². The van der Waals surface area contributed by atoms with Crippen LogP contribution in [0.5, 0.6) is 0 Å². The number of halogens is 1. The molecule has 1 N–H and O–H groups in total. The van der Waals surface area contributed by atoms with E-state index in [0.717, 1.165) is 26.2 Å². The summed E-state index contributed by atoms with van der Waals surface area (Å²) < 4.78 is 0.978. The summed E-state index contributed by atoms with van der Waals surface area (Å²) in [4.78, 5) is 13.8. The van der Waals surface area contributed by atoms with Gasteiger partial charge in [-0.2, -0.15) is 5.26 Å². The first kappa shape index (κ1) is 20.2. The van der Waals surface area contributed by atoms with Crippen LogP contribution in [0, 0.1) is 11.3 Å². The Morgan fingerprint density at radius 3 is 2.46 bits per heavy atom. The van der Waals surface area contributed by atoms with E-state index in [4.69, 9.17) is 5.26 Å². The minimum Gasteiger partial charge on any atom is -0.345 e. The SMILES string of the molecule is CC(NC(=O)c1ccccc1SCc1ccc(C#N)cc1)c1ccccc1Br. The molecule has 0 aliphatic heterocycles. The molecule has 0 saturated heterocycles. The molecule has 0 saturated carbocycles. The molecule has 0 aliphatic carbocycles. The maximum Gasteiger partial charge on any atom is 0.252 e. The topological polar surface area (TPSA) is 52.9 Å². The van der Waals surface area contributed by atoms with Gasteiger partial charge in [-0.05, 0) is 48.4 Å². The summed E-state index contributed by atoms with van der Waals surface area (Å²) in [6.45, 7) is 1.98. The van der Waals surface area contributed by atoms with Crippen molar-refractivity contribution in [2.45, 2.75) is 23.6 Å². The van der Waals surface area contributed by atoms with Gasteiger partial charge in [0, 0.05) is 15.1 Å². The number of carbonyl (C=O) groups excluding carboxylic acids is 1. The highest BCUT2D eigenvalue weighted by Crippen LogP contribution is 2.28. The van der Waals surface area contributed by atoms with E-state index < -0.39 is 0 Å². The first-order chi connectivity index (χ1) is 13.6. The smallest absolute Gasteiger partial charge is 0.252 e. The summed E-state index contributed by atoms with van der Waals surface area (Å²) in [6.07, 6.45) is 0. The second-order valence-electron chi connectivity index (χ2n) is 6.31. The van der Waals surface area contributed by atoms with Gasteiger partial charge in [0.15, 0.2) is 0 Å². The van der Waals surface area contributed by atoms with Gasteiger partial charge >= 0.3 is 0 Å². The molecule has 0 fully saturated rings. The molecule has 3 aromatic rings. The van der Waals surface area contributed by atoms with Gasteiger partial charge < -0.3 is 5.32 Å². The van der Waals surface area contributed by atoms with Crippen LogP contribution < -0.4 is 5.32 Å². The van der Waals surface area contributed by atoms with Crippen molar-refractivity contribution >= 4 is 33.6 Å². The molecule has 28 heavy (non-hydrogen) atoms. The molecule has 0 radical (unpaired) electrons. The molecule has 0 aliphatic rings. The molecular formula is C23H19BrN2OS. The Morgan fingerprint density at radius 1 is 1.07 bits per heavy atom. The van der Waals surface area contributed by atoms with Crippen LogP contribution in [0.2, 0.25) is 0 Å². The number of hydrogen-bond donors (Lipinski definition) is 1. The lowest BCUT2D eigenvalue weighted by Crippen LogP contribution is -2.27. The van der Waals surface area contributed by atoms with Crippen molar-refractivity contribution in [3.8, 4) is 6.07 Å². The summed E-state index contributed by atoms with van der Waals surface area (Å²) in [6, 6.07) is 25.1. The number of nitrogens with zero attached hydrogens (tertiary/aromatic N) is 1. The van der Waals surface area contributed by atoms with Gasteiger partial charge in [0.25, 0.3) is 5.91 Å². The van der Waals surface area contributed by atoms with Gasteiger partial charge in [-0.25, -0.2) is 0 Å². The van der Waals surface area contributed by atoms with Crippen LogP contribution in [0.3, 0.4) is 0 Å². The van der Waals surface area contributed by atoms with Crippen LogP contribution in [0.4, 0.5) is 0 Å². The summed E-state index contributed by atoms with van der Waals surface area (Å²) in [5.41, 5.74) is 3.47. The number of amides is 1. The fraction of sp³-hybridized carbons (Fsp3) is 0.130. The molecule has 0 bridgehead atoms. The zero-order valence-corrected chi connectivity index (χ0v) is 17.8. The Hall–Kier alpha value is -2.55. The predicted octanol–water partition coefficient (Wildman–Crippen LogP) is 6.10. The predicted molar refractivity (Wildman–Crippen MR) is 117 cm³/mol. The summed E-state index contributed by atoms with van der Waals surface area (Å²) in [7, 11) is 0. The van der Waals surface area contributed by atoms with E-state index in [-0.39, 0.29) is 11.9 Å². The van der Waals surface area contributed by atoms with Crippen LogP contribution >= 0.6 is 27.7 Å². The number of nitrogens with one attached hydrogen (secondary N) is 1. The van der Waals surface area contributed by atoms with Gasteiger partial charge in [-0.1, -0.05) is 58.4 Å². The van der Waals surface area contributed by atoms with Crippen LogP contribution in [-0.2, 0) is 5.75 Å². The molecule has 3 rings (SSSR count). The first-order valence-corrected chi connectivity index (χ1v) is 10.6. The maximum atomic E-state index is 12.9. The lowest BCUT2D eigenvalue weighted by Gasteiger charge is -2.17. The van der Waals surface area contributed by atoms with Crippen LogP contribution in [-0.4, -0.2) is 5.91 Å². The molecule has 1 unspecified atom stereocenters. The van der Waals surface area contributed by atoms with Gasteiger partial charge in [-0.3, -0.25) is 4.79 Å². The van der Waals surface area contributed by atoms with Crippen molar-refractivity contribution < 1.29 is 4.79 Å². The third-order valence-electron chi connectivity index (χ3n) is 4.33. The fourth-order valence-corrected chi connectivity index (χ4v) is 4.43. The van der Waals surface area contributed by atoms with E-state index in [9.17, 15) is 4.79 Å². The summed E-state index contributed by atoms with van der Waals surface area (Å²) >= 11 is 5.16. The first-order valence-electron chi connectivity index (χ1n) is 8.84. The van der Waals surface area contributed by atoms with Crippen molar-refractivity contribution in [2.24, 2.45) is 0 Å². The van der Waals surface area contributed by atoms with E-state index in [2.05, 4.69) is 27.3 Å². The van der Waals surface area contributed by atoms with E-state index >= 15 is 0 Å². The largest absolute Gasteiger partial charge is 0.345 e. The van der Waals surface area contributed by atoms with Gasteiger partial charge in [0.2, 0.25) is 0 Å². The number of benzene rings is 3.